The van der Waals surface area contributed by atoms with Crippen LogP contribution in [0.5, 0.6) is 0 Å². The highest BCUT2D eigenvalue weighted by Crippen LogP contribution is 2.44. The summed E-state index contributed by atoms with van der Waals surface area (Å²) >= 11 is 3.47. The van der Waals surface area contributed by atoms with Crippen LogP contribution in [0.4, 0.5) is 11.6 Å². The van der Waals surface area contributed by atoms with Gasteiger partial charge in [0.2, 0.25) is 11.9 Å². The number of hydrogen-bond donors (Lipinski definition) is 2. The monoisotopic (exact) mass is 497 g/mol. The van der Waals surface area contributed by atoms with Crippen LogP contribution in [0.15, 0.2) is 35.2 Å². The number of nitriles is 1. The van der Waals surface area contributed by atoms with E-state index in [-0.39, 0.29) is 17.9 Å². The van der Waals surface area contributed by atoms with E-state index in [9.17, 15) is 10.1 Å². The predicted octanol–water partition coefficient (Wildman–Crippen LogP) is 2.32. The number of nitrogens with one attached hydrogen (secondary N) is 2. The van der Waals surface area contributed by atoms with Crippen LogP contribution in [-0.2, 0) is 11.3 Å². The second-order valence-electron chi connectivity index (χ2n) is 8.54. The highest BCUT2D eigenvalue weighted by molar-refractivity contribution is 9.10. The molecule has 5 rings (SSSR count). The van der Waals surface area contributed by atoms with Crippen molar-refractivity contribution < 1.29 is 4.79 Å². The van der Waals surface area contributed by atoms with Gasteiger partial charge in [-0.25, -0.2) is 4.52 Å². The minimum atomic E-state index is -0.131. The van der Waals surface area contributed by atoms with Crippen molar-refractivity contribution in [1.82, 2.24) is 34.6 Å². The first kappa shape index (κ1) is 20.9. The first-order valence-electron chi connectivity index (χ1n) is 10.8. The van der Waals surface area contributed by atoms with Crippen molar-refractivity contribution in [3.63, 3.8) is 0 Å². The number of aromatic nitrogens is 5. The van der Waals surface area contributed by atoms with Crippen LogP contribution < -0.4 is 10.6 Å². The van der Waals surface area contributed by atoms with E-state index in [1.54, 1.807) is 21.6 Å². The van der Waals surface area contributed by atoms with Gasteiger partial charge in [-0.1, -0.05) is 0 Å². The number of hydrogen-bond acceptors (Lipinski definition) is 7. The lowest BCUT2D eigenvalue weighted by Crippen LogP contribution is -2.46. The molecule has 0 unspecified atom stereocenters. The topological polar surface area (TPSA) is 116 Å². The highest BCUT2D eigenvalue weighted by Gasteiger charge is 2.43. The second-order valence-corrected chi connectivity index (χ2v) is 9.39. The maximum atomic E-state index is 12.7. The Morgan fingerprint density at radius 3 is 2.88 bits per heavy atom. The number of fused-ring (bicyclic) bond motifs is 1. The number of pyridine rings is 1. The van der Waals surface area contributed by atoms with Crippen LogP contribution in [0.25, 0.3) is 5.65 Å². The molecule has 2 aliphatic rings. The quantitative estimate of drug-likeness (QED) is 0.514. The van der Waals surface area contributed by atoms with E-state index in [1.165, 1.54) is 0 Å². The number of carbonyl (C=O) groups is 1. The van der Waals surface area contributed by atoms with Crippen LogP contribution in [0.3, 0.4) is 0 Å². The van der Waals surface area contributed by atoms with Gasteiger partial charge < -0.3 is 15.5 Å². The van der Waals surface area contributed by atoms with Gasteiger partial charge in [-0.15, -0.1) is 5.10 Å². The molecule has 1 aliphatic heterocycles. The number of anilines is 2. The molecule has 0 radical (unpaired) electrons. The predicted molar refractivity (Wildman–Crippen MR) is 121 cm³/mol. The third-order valence-corrected chi connectivity index (χ3v) is 6.79. The molecule has 10 nitrogen and oxygen atoms in total. The zero-order chi connectivity index (χ0) is 22.1. The summed E-state index contributed by atoms with van der Waals surface area (Å²) in [6, 6.07) is 6.59. The van der Waals surface area contributed by atoms with E-state index >= 15 is 0 Å². The summed E-state index contributed by atoms with van der Waals surface area (Å²) in [5.74, 6) is 0.519. The van der Waals surface area contributed by atoms with Crippen LogP contribution in [0.1, 0.15) is 25.7 Å². The van der Waals surface area contributed by atoms with Gasteiger partial charge in [0.05, 0.1) is 27.8 Å². The second kappa shape index (κ2) is 8.52. The van der Waals surface area contributed by atoms with Crippen molar-refractivity contribution in [2.24, 2.45) is 5.41 Å². The zero-order valence-electron chi connectivity index (χ0n) is 17.5. The smallest absolute Gasteiger partial charge is 0.247 e. The van der Waals surface area contributed by atoms with E-state index in [4.69, 9.17) is 0 Å². The van der Waals surface area contributed by atoms with Crippen LogP contribution >= 0.6 is 15.9 Å². The summed E-state index contributed by atoms with van der Waals surface area (Å²) in [5, 5.41) is 24.5. The molecule has 2 N–H and O–H groups in total. The van der Waals surface area contributed by atoms with Gasteiger partial charge >= 0.3 is 0 Å². The summed E-state index contributed by atoms with van der Waals surface area (Å²) in [6.45, 7) is 2.41. The van der Waals surface area contributed by atoms with E-state index in [1.807, 2.05) is 23.2 Å². The van der Waals surface area contributed by atoms with E-state index < -0.39 is 0 Å². The average molecular weight is 498 g/mol. The van der Waals surface area contributed by atoms with E-state index in [0.29, 0.717) is 12.0 Å². The largest absolute Gasteiger partial charge is 0.341 e. The van der Waals surface area contributed by atoms with Crippen molar-refractivity contribution in [2.45, 2.75) is 38.3 Å². The molecule has 11 heteroatoms. The van der Waals surface area contributed by atoms with Crippen LogP contribution in [-0.4, -0.2) is 60.9 Å². The number of amides is 1. The summed E-state index contributed by atoms with van der Waals surface area (Å²) in [6.07, 6.45) is 9.09. The molecule has 166 valence electrons. The Kier molecular flexibility index (Phi) is 5.57. The standard InChI is InChI=1S/C21H24BrN9O/c22-17-2-1-7-31-19(17)27-20(28-31)26-16-10-25-30(11-16)12-18(32)29-8-3-15(4-9-29)24-14-21(13-23)5-6-21/h1-2,7,10-11,15,24H,3-6,8-9,12,14H2,(H,26,28). The molecule has 0 aromatic carbocycles. The minimum Gasteiger partial charge on any atom is -0.341 e. The zero-order valence-corrected chi connectivity index (χ0v) is 19.1. The van der Waals surface area contributed by atoms with Gasteiger partial charge in [0.1, 0.15) is 6.54 Å². The molecule has 2 fully saturated rings. The molecule has 1 saturated carbocycles. The lowest BCUT2D eigenvalue weighted by atomic mass is 10.0. The summed E-state index contributed by atoms with van der Waals surface area (Å²) in [5.41, 5.74) is 1.31. The molecular weight excluding hydrogens is 474 g/mol. The fourth-order valence-electron chi connectivity index (χ4n) is 3.96. The Morgan fingerprint density at radius 1 is 1.34 bits per heavy atom. The van der Waals surface area contributed by atoms with Crippen LogP contribution in [0, 0.1) is 16.7 Å². The van der Waals surface area contributed by atoms with Crippen LogP contribution in [0.2, 0.25) is 0 Å². The number of likely N-dealkylation sites (tertiary alicyclic amines) is 1. The third-order valence-electron chi connectivity index (χ3n) is 6.17. The molecular formula is C21H24BrN9O. The van der Waals surface area contributed by atoms with Crippen molar-refractivity contribution in [3.05, 3.63) is 35.2 Å². The first-order valence-corrected chi connectivity index (χ1v) is 11.6. The molecule has 32 heavy (non-hydrogen) atoms. The number of carbonyl (C=O) groups excluding carboxylic acids is 1. The Morgan fingerprint density at radius 2 is 2.16 bits per heavy atom. The lowest BCUT2D eigenvalue weighted by Gasteiger charge is -2.33. The molecule has 0 spiro atoms. The molecule has 3 aromatic rings. The molecule has 1 saturated heterocycles. The Labute approximate surface area is 193 Å². The fraction of sp³-hybridized carbons (Fsp3) is 0.476. The number of halogens is 1. The molecule has 4 heterocycles. The lowest BCUT2D eigenvalue weighted by molar-refractivity contribution is -0.133. The van der Waals surface area contributed by atoms with Crippen molar-refractivity contribution in [2.75, 3.05) is 25.0 Å². The van der Waals surface area contributed by atoms with Gasteiger partial charge in [-0.2, -0.15) is 15.3 Å². The van der Waals surface area contributed by atoms with Crippen molar-refractivity contribution in [1.29, 1.82) is 5.26 Å². The summed E-state index contributed by atoms with van der Waals surface area (Å²) in [7, 11) is 0. The maximum Gasteiger partial charge on any atom is 0.247 e. The van der Waals surface area contributed by atoms with E-state index in [2.05, 4.69) is 47.8 Å². The van der Waals surface area contributed by atoms with Gasteiger partial charge in [-0.3, -0.25) is 9.48 Å². The SMILES string of the molecule is N#CC1(CNC2CCN(C(=O)Cn3cc(Nc4nc5c(Br)cccn5n4)cn3)CC2)CC1. The minimum absolute atomic E-state index is 0.0589. The van der Waals surface area contributed by atoms with Gasteiger partial charge in [0, 0.05) is 38.1 Å². The normalized spacial score (nSPS) is 17.9. The van der Waals surface area contributed by atoms with Gasteiger partial charge in [-0.05, 0) is 53.7 Å². The summed E-state index contributed by atoms with van der Waals surface area (Å²) in [4.78, 5) is 19.1. The maximum absolute atomic E-state index is 12.7. The summed E-state index contributed by atoms with van der Waals surface area (Å²) < 4.78 is 4.17. The molecule has 3 aromatic heterocycles. The van der Waals surface area contributed by atoms with E-state index in [0.717, 1.165) is 61.1 Å². The first-order chi connectivity index (χ1) is 15.5. The molecule has 1 aliphatic carbocycles. The number of rotatable bonds is 7. The third kappa shape index (κ3) is 4.47. The average Bonchev–Trinajstić information content (AvgIpc) is 3.26. The number of nitrogens with zero attached hydrogens (tertiary/aromatic N) is 7. The van der Waals surface area contributed by atoms with Crippen molar-refractivity contribution in [3.8, 4) is 6.07 Å². The Bertz CT molecular complexity index is 1170. The molecule has 0 bridgehead atoms. The number of piperidine rings is 1. The molecule has 0 atom stereocenters. The molecule has 1 amide bonds. The highest BCUT2D eigenvalue weighted by atomic mass is 79.9. The fourth-order valence-corrected chi connectivity index (χ4v) is 4.38. The Balaban J connectivity index is 1.11. The van der Waals surface area contributed by atoms with Crippen molar-refractivity contribution >= 4 is 39.1 Å². The van der Waals surface area contributed by atoms with Gasteiger partial charge in [0.25, 0.3) is 0 Å². The van der Waals surface area contributed by atoms with Gasteiger partial charge in [0.15, 0.2) is 5.65 Å². The Hall–Kier alpha value is -2.97.